The Morgan fingerprint density at radius 3 is 2.30 bits per heavy atom. The number of carbonyl (C=O) groups is 1. The van der Waals surface area contributed by atoms with Gasteiger partial charge in [0.2, 0.25) is 0 Å². The molecule has 1 N–H and O–H groups in total. The topological polar surface area (TPSA) is 32.3 Å². The number of nitrogens with zero attached hydrogens (tertiary/aromatic N) is 1. The second kappa shape index (κ2) is 8.76. The van der Waals surface area contributed by atoms with Crippen molar-refractivity contribution in [2.45, 2.75) is 32.1 Å². The van der Waals surface area contributed by atoms with E-state index in [9.17, 15) is 18.0 Å². The van der Waals surface area contributed by atoms with Gasteiger partial charge in [0, 0.05) is 12.6 Å². The van der Waals surface area contributed by atoms with Gasteiger partial charge in [0.15, 0.2) is 0 Å². The van der Waals surface area contributed by atoms with Gasteiger partial charge >= 0.3 is 6.18 Å². The summed E-state index contributed by atoms with van der Waals surface area (Å²) in [5.74, 6) is -0.642. The molecule has 2 aromatic carbocycles. The van der Waals surface area contributed by atoms with Crippen LogP contribution in [0.4, 0.5) is 13.2 Å². The highest BCUT2D eigenvalue weighted by molar-refractivity contribution is 6.34. The third-order valence-corrected chi connectivity index (χ3v) is 4.82. The molecule has 0 heterocycles. The maximum absolute atomic E-state index is 13.1. The number of hydrogen-bond acceptors (Lipinski definition) is 2. The lowest BCUT2D eigenvalue weighted by Crippen LogP contribution is -2.39. The number of benzene rings is 2. The number of hydrogen-bond donors (Lipinski definition) is 1. The van der Waals surface area contributed by atoms with Crippen molar-refractivity contribution in [1.82, 2.24) is 10.2 Å². The molecule has 0 saturated carbocycles. The van der Waals surface area contributed by atoms with Crippen molar-refractivity contribution in [1.29, 1.82) is 0 Å². The maximum atomic E-state index is 13.1. The molecule has 0 bridgehead atoms. The van der Waals surface area contributed by atoms with Gasteiger partial charge in [-0.1, -0.05) is 48.0 Å². The van der Waals surface area contributed by atoms with E-state index in [2.05, 4.69) is 5.32 Å². The average molecular weight is 399 g/mol. The van der Waals surface area contributed by atoms with Gasteiger partial charge in [0.05, 0.1) is 22.2 Å². The predicted molar refractivity (Wildman–Crippen MR) is 101 cm³/mol. The zero-order valence-corrected chi connectivity index (χ0v) is 16.1. The number of carbonyl (C=O) groups excluding carboxylic acids is 1. The summed E-state index contributed by atoms with van der Waals surface area (Å²) in [6.07, 6.45) is -4.62. The van der Waals surface area contributed by atoms with Crippen LogP contribution in [0.25, 0.3) is 0 Å². The Morgan fingerprint density at radius 1 is 1.11 bits per heavy atom. The van der Waals surface area contributed by atoms with E-state index in [1.165, 1.54) is 12.1 Å². The lowest BCUT2D eigenvalue weighted by Gasteiger charge is -2.28. The number of amides is 1. The summed E-state index contributed by atoms with van der Waals surface area (Å²) in [6, 6.07) is 12.5. The molecule has 0 spiro atoms. The van der Waals surface area contributed by atoms with Crippen LogP contribution in [0.15, 0.2) is 48.5 Å². The third kappa shape index (κ3) is 5.47. The molecule has 0 aromatic heterocycles. The van der Waals surface area contributed by atoms with E-state index in [4.69, 9.17) is 11.6 Å². The van der Waals surface area contributed by atoms with Crippen molar-refractivity contribution in [2.24, 2.45) is 0 Å². The molecule has 3 nitrogen and oxygen atoms in total. The number of nitrogens with one attached hydrogen (secondary N) is 1. The second-order valence-electron chi connectivity index (χ2n) is 6.63. The third-order valence-electron chi connectivity index (χ3n) is 4.41. The average Bonchev–Trinajstić information content (AvgIpc) is 2.60. The smallest absolute Gasteiger partial charge is 0.344 e. The molecule has 0 aliphatic rings. The molecule has 1 atom stereocenters. The van der Waals surface area contributed by atoms with Crippen LogP contribution < -0.4 is 5.32 Å². The van der Waals surface area contributed by atoms with Gasteiger partial charge in [-0.25, -0.2) is 0 Å². The van der Waals surface area contributed by atoms with Crippen LogP contribution in [0.1, 0.15) is 41.4 Å². The van der Waals surface area contributed by atoms with E-state index in [-0.39, 0.29) is 11.6 Å². The molecule has 0 aliphatic heterocycles. The van der Waals surface area contributed by atoms with Crippen molar-refractivity contribution in [2.75, 3.05) is 13.6 Å². The number of likely N-dealkylation sites (N-methyl/N-ethyl adjacent to an activating group) is 1. The normalized spacial score (nSPS) is 13.1. The van der Waals surface area contributed by atoms with Gasteiger partial charge in [-0.2, -0.15) is 13.2 Å². The molecule has 146 valence electrons. The van der Waals surface area contributed by atoms with Crippen LogP contribution in [-0.4, -0.2) is 30.4 Å². The Kier molecular flexibility index (Phi) is 6.89. The first-order valence-electron chi connectivity index (χ1n) is 8.53. The van der Waals surface area contributed by atoms with E-state index >= 15 is 0 Å². The molecule has 1 amide bonds. The summed E-state index contributed by atoms with van der Waals surface area (Å²) < 4.78 is 39.2. The highest BCUT2D eigenvalue weighted by atomic mass is 35.5. The van der Waals surface area contributed by atoms with Crippen molar-refractivity contribution >= 4 is 17.5 Å². The highest BCUT2D eigenvalue weighted by Gasteiger charge is 2.35. The Bertz CT molecular complexity index is 779. The molecular weight excluding hydrogens is 377 g/mol. The Balaban J connectivity index is 2.31. The van der Waals surface area contributed by atoms with Gasteiger partial charge in [0.25, 0.3) is 5.91 Å². The maximum Gasteiger partial charge on any atom is 0.417 e. The Labute approximate surface area is 162 Å². The first kappa shape index (κ1) is 21.3. The van der Waals surface area contributed by atoms with Crippen molar-refractivity contribution in [3.8, 4) is 0 Å². The number of alkyl halides is 3. The fraction of sp³-hybridized carbons (Fsp3) is 0.350. The van der Waals surface area contributed by atoms with Gasteiger partial charge < -0.3 is 10.2 Å². The quantitative estimate of drug-likeness (QED) is 0.728. The van der Waals surface area contributed by atoms with Crippen molar-refractivity contribution in [3.05, 3.63) is 70.2 Å². The molecule has 27 heavy (non-hydrogen) atoms. The molecule has 0 saturated heterocycles. The number of halogens is 4. The Morgan fingerprint density at radius 2 is 1.74 bits per heavy atom. The summed E-state index contributed by atoms with van der Waals surface area (Å²) >= 11 is 5.88. The summed E-state index contributed by atoms with van der Waals surface area (Å²) in [4.78, 5) is 14.7. The second-order valence-corrected chi connectivity index (χ2v) is 7.01. The van der Waals surface area contributed by atoms with Gasteiger partial charge in [0.1, 0.15) is 0 Å². The minimum Gasteiger partial charge on any atom is -0.344 e. The molecule has 0 unspecified atom stereocenters. The monoisotopic (exact) mass is 398 g/mol. The summed E-state index contributed by atoms with van der Waals surface area (Å²) in [7, 11) is 1.92. The Hall–Kier alpha value is -2.05. The molecule has 2 rings (SSSR count). The van der Waals surface area contributed by atoms with Crippen LogP contribution >= 0.6 is 11.6 Å². The first-order chi connectivity index (χ1) is 12.6. The summed E-state index contributed by atoms with van der Waals surface area (Å²) in [5, 5.41) is 2.23. The molecule has 0 aliphatic carbocycles. The summed E-state index contributed by atoms with van der Waals surface area (Å²) in [6.45, 7) is 4.55. The SMILES string of the molecule is CC(C)N(C)C[C@@H](NC(=O)c1cccc(C(F)(F)F)c1Cl)c1ccccc1. The lowest BCUT2D eigenvalue weighted by molar-refractivity contribution is -0.137. The van der Waals surface area contributed by atoms with E-state index in [0.29, 0.717) is 6.54 Å². The minimum absolute atomic E-state index is 0.195. The van der Waals surface area contributed by atoms with Crippen molar-refractivity contribution < 1.29 is 18.0 Å². The van der Waals surface area contributed by atoms with Gasteiger partial charge in [-0.05, 0) is 38.6 Å². The van der Waals surface area contributed by atoms with E-state index in [1.807, 2.05) is 56.1 Å². The van der Waals surface area contributed by atoms with Crippen LogP contribution in [0.5, 0.6) is 0 Å². The highest BCUT2D eigenvalue weighted by Crippen LogP contribution is 2.36. The van der Waals surface area contributed by atoms with Gasteiger partial charge in [-0.3, -0.25) is 4.79 Å². The van der Waals surface area contributed by atoms with Crippen molar-refractivity contribution in [3.63, 3.8) is 0 Å². The first-order valence-corrected chi connectivity index (χ1v) is 8.90. The lowest BCUT2D eigenvalue weighted by atomic mass is 10.0. The predicted octanol–water partition coefficient (Wildman–Crippen LogP) is 5.17. The van der Waals surface area contributed by atoms with E-state index < -0.39 is 28.7 Å². The zero-order chi connectivity index (χ0) is 20.2. The van der Waals surface area contributed by atoms with E-state index in [1.54, 1.807) is 0 Å². The van der Waals surface area contributed by atoms with Crippen LogP contribution in [0.2, 0.25) is 5.02 Å². The van der Waals surface area contributed by atoms with Crippen LogP contribution in [0.3, 0.4) is 0 Å². The molecule has 0 fully saturated rings. The fourth-order valence-electron chi connectivity index (χ4n) is 2.58. The molecular formula is C20H22ClF3N2O. The van der Waals surface area contributed by atoms with Crippen LogP contribution in [0, 0.1) is 0 Å². The molecule has 2 aromatic rings. The standard InChI is InChI=1S/C20H22ClF3N2O/c1-13(2)26(3)12-17(14-8-5-4-6-9-14)25-19(27)15-10-7-11-16(18(15)21)20(22,23)24/h4-11,13,17H,12H2,1-3H3,(H,25,27)/t17-/m1/s1. The largest absolute Gasteiger partial charge is 0.417 e. The number of rotatable bonds is 6. The molecule has 0 radical (unpaired) electrons. The van der Waals surface area contributed by atoms with Crippen LogP contribution in [-0.2, 0) is 6.18 Å². The van der Waals surface area contributed by atoms with Gasteiger partial charge in [-0.15, -0.1) is 0 Å². The molecule has 7 heteroatoms. The summed E-state index contributed by atoms with van der Waals surface area (Å²) in [5.41, 5.74) is -0.353. The minimum atomic E-state index is -4.62. The zero-order valence-electron chi connectivity index (χ0n) is 15.3. The fourth-order valence-corrected chi connectivity index (χ4v) is 2.90. The van der Waals surface area contributed by atoms with E-state index in [0.717, 1.165) is 11.6 Å².